The molecule has 0 aliphatic carbocycles. The minimum Gasteiger partial charge on any atom is -0.497 e. The van der Waals surface area contributed by atoms with E-state index in [-0.39, 0.29) is 12.5 Å². The van der Waals surface area contributed by atoms with Crippen molar-refractivity contribution in [3.05, 3.63) is 54.1 Å². The van der Waals surface area contributed by atoms with E-state index in [0.29, 0.717) is 6.54 Å². The number of para-hydroxylation sites is 2. The van der Waals surface area contributed by atoms with Gasteiger partial charge in [0.05, 0.1) is 25.0 Å². The number of nitrogens with zero attached hydrogens (tertiary/aromatic N) is 1. The number of piperidine rings is 1. The third-order valence-electron chi connectivity index (χ3n) is 4.94. The van der Waals surface area contributed by atoms with Gasteiger partial charge in [-0.3, -0.25) is 4.79 Å². The highest BCUT2D eigenvalue weighted by atomic mass is 16.5. The van der Waals surface area contributed by atoms with Crippen LogP contribution in [0.15, 0.2) is 48.5 Å². The number of benzene rings is 2. The van der Waals surface area contributed by atoms with Gasteiger partial charge in [-0.05, 0) is 55.5 Å². The molecule has 1 amide bonds. The lowest BCUT2D eigenvalue weighted by Gasteiger charge is -2.30. The van der Waals surface area contributed by atoms with Gasteiger partial charge in [0.25, 0.3) is 0 Å². The quantitative estimate of drug-likeness (QED) is 0.750. The van der Waals surface area contributed by atoms with Gasteiger partial charge in [0.1, 0.15) is 5.75 Å². The lowest BCUT2D eigenvalue weighted by molar-refractivity contribution is -0.119. The van der Waals surface area contributed by atoms with Crippen molar-refractivity contribution >= 4 is 17.3 Å². The average Bonchev–Trinajstić information content (AvgIpc) is 2.73. The van der Waals surface area contributed by atoms with Crippen LogP contribution in [0.4, 0.5) is 11.4 Å². The first-order valence-electron chi connectivity index (χ1n) is 9.74. The van der Waals surface area contributed by atoms with Gasteiger partial charge in [0.2, 0.25) is 5.91 Å². The Hall–Kier alpha value is -2.69. The van der Waals surface area contributed by atoms with Crippen molar-refractivity contribution in [1.29, 1.82) is 0 Å². The second-order valence-corrected chi connectivity index (χ2v) is 6.87. The lowest BCUT2D eigenvalue weighted by Crippen LogP contribution is -2.33. The number of carbonyl (C=O) groups excluding carboxylic acids is 1. The van der Waals surface area contributed by atoms with Crippen LogP contribution >= 0.6 is 0 Å². The number of methoxy groups -OCH3 is 1. The summed E-state index contributed by atoms with van der Waals surface area (Å²) in [4.78, 5) is 14.6. The van der Waals surface area contributed by atoms with Crippen LogP contribution < -0.4 is 20.3 Å². The summed E-state index contributed by atoms with van der Waals surface area (Å²) in [5.41, 5.74) is 3.41. The number of rotatable bonds is 8. The largest absolute Gasteiger partial charge is 0.497 e. The van der Waals surface area contributed by atoms with Crippen molar-refractivity contribution in [2.75, 3.05) is 43.5 Å². The first-order valence-corrected chi connectivity index (χ1v) is 9.74. The fraction of sp³-hybridized carbons (Fsp3) is 0.409. The summed E-state index contributed by atoms with van der Waals surface area (Å²) in [6.07, 6.45) is 4.59. The second kappa shape index (κ2) is 9.86. The maximum Gasteiger partial charge on any atom is 0.239 e. The Morgan fingerprint density at radius 3 is 2.52 bits per heavy atom. The summed E-state index contributed by atoms with van der Waals surface area (Å²) in [6.45, 7) is 3.09. The van der Waals surface area contributed by atoms with Gasteiger partial charge in [0.15, 0.2) is 0 Å². The molecule has 0 aromatic heterocycles. The Kier molecular flexibility index (Phi) is 6.97. The third-order valence-corrected chi connectivity index (χ3v) is 4.94. The van der Waals surface area contributed by atoms with Gasteiger partial charge < -0.3 is 20.3 Å². The molecule has 0 atom stereocenters. The minimum absolute atomic E-state index is 0.0111. The predicted octanol–water partition coefficient (Wildman–Crippen LogP) is 3.46. The van der Waals surface area contributed by atoms with E-state index in [9.17, 15) is 4.79 Å². The van der Waals surface area contributed by atoms with Crippen molar-refractivity contribution in [3.63, 3.8) is 0 Å². The summed E-state index contributed by atoms with van der Waals surface area (Å²) >= 11 is 0. The van der Waals surface area contributed by atoms with Crippen LogP contribution in [0.25, 0.3) is 0 Å². The zero-order valence-corrected chi connectivity index (χ0v) is 16.0. The van der Waals surface area contributed by atoms with E-state index in [0.717, 1.165) is 30.9 Å². The van der Waals surface area contributed by atoms with Gasteiger partial charge in [0, 0.05) is 19.6 Å². The maximum atomic E-state index is 12.2. The predicted molar refractivity (Wildman–Crippen MR) is 111 cm³/mol. The Morgan fingerprint density at radius 1 is 1.04 bits per heavy atom. The SMILES string of the molecule is COc1ccc(CCNC(=O)CNc2ccccc2N2CCCCC2)cc1. The molecule has 0 saturated carbocycles. The summed E-state index contributed by atoms with van der Waals surface area (Å²) in [7, 11) is 1.66. The van der Waals surface area contributed by atoms with Gasteiger partial charge in [-0.2, -0.15) is 0 Å². The van der Waals surface area contributed by atoms with E-state index in [2.05, 4.69) is 33.7 Å². The highest BCUT2D eigenvalue weighted by Gasteiger charge is 2.14. The van der Waals surface area contributed by atoms with Crippen LogP contribution in [-0.2, 0) is 11.2 Å². The van der Waals surface area contributed by atoms with Crippen molar-refractivity contribution in [3.8, 4) is 5.75 Å². The molecule has 2 aromatic carbocycles. The lowest BCUT2D eigenvalue weighted by atomic mass is 10.1. The van der Waals surface area contributed by atoms with E-state index in [4.69, 9.17) is 4.74 Å². The van der Waals surface area contributed by atoms with Crippen molar-refractivity contribution in [2.24, 2.45) is 0 Å². The molecule has 2 N–H and O–H groups in total. The number of hydrogen-bond donors (Lipinski definition) is 2. The first kappa shape index (κ1) is 19.1. The van der Waals surface area contributed by atoms with Crippen molar-refractivity contribution in [2.45, 2.75) is 25.7 Å². The molecule has 1 aliphatic rings. The van der Waals surface area contributed by atoms with Crippen LogP contribution in [0.5, 0.6) is 5.75 Å². The molecular formula is C22H29N3O2. The molecular weight excluding hydrogens is 338 g/mol. The van der Waals surface area contributed by atoms with E-state index < -0.39 is 0 Å². The standard InChI is InChI=1S/C22H29N3O2/c1-27-19-11-9-18(10-12-19)13-14-23-22(26)17-24-20-7-3-4-8-21(20)25-15-5-2-6-16-25/h3-4,7-12,24H,2,5-6,13-17H2,1H3,(H,23,26). The van der Waals surface area contributed by atoms with Crippen molar-refractivity contribution in [1.82, 2.24) is 5.32 Å². The molecule has 144 valence electrons. The van der Waals surface area contributed by atoms with E-state index in [1.54, 1.807) is 7.11 Å². The normalized spacial score (nSPS) is 13.9. The van der Waals surface area contributed by atoms with E-state index in [1.807, 2.05) is 30.3 Å². The molecule has 5 nitrogen and oxygen atoms in total. The molecule has 1 fully saturated rings. The zero-order valence-electron chi connectivity index (χ0n) is 16.0. The van der Waals surface area contributed by atoms with Gasteiger partial charge in [-0.15, -0.1) is 0 Å². The third kappa shape index (κ3) is 5.64. The summed E-state index contributed by atoms with van der Waals surface area (Å²) in [5.74, 6) is 0.858. The Morgan fingerprint density at radius 2 is 1.78 bits per heavy atom. The van der Waals surface area contributed by atoms with Crippen molar-refractivity contribution < 1.29 is 9.53 Å². The summed E-state index contributed by atoms with van der Waals surface area (Å²) in [5, 5.41) is 6.29. The molecule has 0 radical (unpaired) electrons. The van der Waals surface area contributed by atoms with E-state index >= 15 is 0 Å². The molecule has 5 heteroatoms. The monoisotopic (exact) mass is 367 g/mol. The summed E-state index contributed by atoms with van der Waals surface area (Å²) < 4.78 is 5.16. The maximum absolute atomic E-state index is 12.2. The number of amides is 1. The minimum atomic E-state index is 0.0111. The Balaban J connectivity index is 1.45. The van der Waals surface area contributed by atoms with E-state index in [1.165, 1.54) is 30.5 Å². The molecule has 27 heavy (non-hydrogen) atoms. The number of anilines is 2. The molecule has 1 aliphatic heterocycles. The number of hydrogen-bond acceptors (Lipinski definition) is 4. The van der Waals surface area contributed by atoms with Crippen LogP contribution in [0, 0.1) is 0 Å². The number of nitrogens with one attached hydrogen (secondary N) is 2. The average molecular weight is 367 g/mol. The number of ether oxygens (including phenoxy) is 1. The molecule has 0 bridgehead atoms. The molecule has 1 heterocycles. The van der Waals surface area contributed by atoms with Gasteiger partial charge >= 0.3 is 0 Å². The topological polar surface area (TPSA) is 53.6 Å². The molecule has 0 unspecified atom stereocenters. The summed E-state index contributed by atoms with van der Waals surface area (Å²) in [6, 6.07) is 16.2. The number of carbonyl (C=O) groups is 1. The first-order chi connectivity index (χ1) is 13.3. The van der Waals surface area contributed by atoms with Crippen LogP contribution in [-0.4, -0.2) is 39.2 Å². The fourth-order valence-corrected chi connectivity index (χ4v) is 3.41. The van der Waals surface area contributed by atoms with Gasteiger partial charge in [-0.25, -0.2) is 0 Å². The molecule has 2 aromatic rings. The molecule has 0 spiro atoms. The Labute approximate surface area is 161 Å². The fourth-order valence-electron chi connectivity index (χ4n) is 3.41. The molecule has 1 saturated heterocycles. The van der Waals surface area contributed by atoms with Crippen LogP contribution in [0.3, 0.4) is 0 Å². The highest BCUT2D eigenvalue weighted by molar-refractivity contribution is 5.82. The van der Waals surface area contributed by atoms with Crippen LogP contribution in [0.1, 0.15) is 24.8 Å². The zero-order chi connectivity index (χ0) is 18.9. The second-order valence-electron chi connectivity index (χ2n) is 6.87. The van der Waals surface area contributed by atoms with Crippen LogP contribution in [0.2, 0.25) is 0 Å². The van der Waals surface area contributed by atoms with Gasteiger partial charge in [-0.1, -0.05) is 24.3 Å². The molecule has 3 rings (SSSR count). The highest BCUT2D eigenvalue weighted by Crippen LogP contribution is 2.27. The Bertz CT molecular complexity index is 725. The smallest absolute Gasteiger partial charge is 0.239 e.